The molecule has 6 N–H and O–H groups in total. The zero-order valence-electron chi connectivity index (χ0n) is 16.5. The molecule has 12 nitrogen and oxygen atoms in total. The van der Waals surface area contributed by atoms with Crippen LogP contribution in [0.4, 0.5) is 11.4 Å². The molecule has 3 rings (SSSR count). The molecule has 0 bridgehead atoms. The van der Waals surface area contributed by atoms with Crippen LogP contribution in [0, 0.1) is 0 Å². The highest BCUT2D eigenvalue weighted by Crippen LogP contribution is 2.38. The van der Waals surface area contributed by atoms with Gasteiger partial charge in [-0.2, -0.15) is 21.9 Å². The number of phenols is 2. The minimum absolute atomic E-state index is 0.00634. The lowest BCUT2D eigenvalue weighted by Crippen LogP contribution is -2.04. The molecule has 0 aliphatic rings. The number of carbonyl (C=O) groups excluding carboxylic acids is 1. The fraction of sp³-hybridized carbons (Fsp3) is 0. The van der Waals surface area contributed by atoms with Gasteiger partial charge in [-0.25, -0.2) is 0 Å². The van der Waals surface area contributed by atoms with Crippen LogP contribution >= 0.6 is 0 Å². The number of azo groups is 1. The quantitative estimate of drug-likeness (QED) is 0.199. The molecule has 0 aliphatic carbocycles. The van der Waals surface area contributed by atoms with E-state index in [1.165, 1.54) is 24.3 Å². The van der Waals surface area contributed by atoms with Crippen molar-refractivity contribution in [2.45, 2.75) is 9.79 Å². The molecule has 0 atom stereocenters. The van der Waals surface area contributed by atoms with E-state index in [0.29, 0.717) is 0 Å². The summed E-state index contributed by atoms with van der Waals surface area (Å²) in [4.78, 5) is 8.18. The summed E-state index contributed by atoms with van der Waals surface area (Å²) in [6, 6.07) is 9.07. The smallest absolute Gasteiger partial charge is 0.294 e. The van der Waals surface area contributed by atoms with E-state index in [2.05, 4.69) is 22.5 Å². The third-order valence-corrected chi connectivity index (χ3v) is 5.54. The van der Waals surface area contributed by atoms with Gasteiger partial charge in [-0.1, -0.05) is 6.58 Å². The molecule has 1 amide bonds. The van der Waals surface area contributed by atoms with Crippen LogP contribution in [-0.2, 0) is 25.0 Å². The number of primary amides is 1. The standard InChI is InChI=1S/C16H12N2O8S2.C3H5NO/c19-11-3-1-10(2-4-11)17-18-14-7-12(27(21,22)23)5-9-6-13(28(24,25)26)8-15(20)16(9)14;1-2-3(4)5/h1-8,19-20H,(H,21,22,23)(H,24,25,26);2H,1H2,(H2,4,5). The van der Waals surface area contributed by atoms with Crippen LogP contribution < -0.4 is 5.73 Å². The van der Waals surface area contributed by atoms with Crippen LogP contribution in [0.3, 0.4) is 0 Å². The molecule has 14 heteroatoms. The Morgan fingerprint density at radius 3 is 1.82 bits per heavy atom. The summed E-state index contributed by atoms with van der Waals surface area (Å²) in [5.74, 6) is -1.09. The van der Waals surface area contributed by atoms with Crippen molar-refractivity contribution in [3.05, 3.63) is 61.2 Å². The topological polar surface area (TPSA) is 217 Å². The molecular weight excluding hydrogens is 478 g/mol. The normalized spacial score (nSPS) is 11.7. The average Bonchev–Trinajstić information content (AvgIpc) is 2.71. The van der Waals surface area contributed by atoms with Crippen LogP contribution in [0.25, 0.3) is 10.8 Å². The van der Waals surface area contributed by atoms with E-state index in [0.717, 1.165) is 30.3 Å². The maximum Gasteiger partial charge on any atom is 0.294 e. The Labute approximate surface area is 187 Å². The first-order valence-corrected chi connectivity index (χ1v) is 11.5. The zero-order valence-corrected chi connectivity index (χ0v) is 18.2. The second-order valence-corrected chi connectivity index (χ2v) is 9.10. The van der Waals surface area contributed by atoms with Crippen molar-refractivity contribution in [1.82, 2.24) is 0 Å². The molecule has 0 fully saturated rings. The van der Waals surface area contributed by atoms with Gasteiger partial charge in [-0.15, -0.1) is 5.11 Å². The molecule has 0 aliphatic heterocycles. The third-order valence-electron chi connectivity index (χ3n) is 3.87. The summed E-state index contributed by atoms with van der Waals surface area (Å²) in [6.45, 7) is 3.09. The van der Waals surface area contributed by atoms with Gasteiger partial charge in [0.2, 0.25) is 5.91 Å². The molecule has 0 unspecified atom stereocenters. The van der Waals surface area contributed by atoms with E-state index < -0.39 is 41.7 Å². The Bertz CT molecular complexity index is 1460. The Balaban J connectivity index is 0.000000696. The summed E-state index contributed by atoms with van der Waals surface area (Å²) >= 11 is 0. The van der Waals surface area contributed by atoms with E-state index in [9.17, 15) is 40.9 Å². The lowest BCUT2D eigenvalue weighted by atomic mass is 10.1. The highest BCUT2D eigenvalue weighted by molar-refractivity contribution is 7.86. The monoisotopic (exact) mass is 495 g/mol. The van der Waals surface area contributed by atoms with Gasteiger partial charge in [0, 0.05) is 6.07 Å². The predicted molar refractivity (Wildman–Crippen MR) is 117 cm³/mol. The molecule has 0 aromatic heterocycles. The maximum absolute atomic E-state index is 11.5. The third kappa shape index (κ3) is 6.81. The molecule has 0 saturated heterocycles. The van der Waals surface area contributed by atoms with Crippen LogP contribution in [0.1, 0.15) is 0 Å². The summed E-state index contributed by atoms with van der Waals surface area (Å²) < 4.78 is 64.3. The number of amides is 1. The molecular formula is C19H17N3O9S2. The number of phenolic OH excluding ortho intramolecular Hbond substituents is 2. The van der Waals surface area contributed by atoms with Gasteiger partial charge in [0.1, 0.15) is 11.5 Å². The van der Waals surface area contributed by atoms with Gasteiger partial charge in [0.15, 0.2) is 0 Å². The number of nitrogens with zero attached hydrogens (tertiary/aromatic N) is 2. The summed E-state index contributed by atoms with van der Waals surface area (Å²) in [6.07, 6.45) is 1.06. The van der Waals surface area contributed by atoms with Gasteiger partial charge >= 0.3 is 0 Å². The van der Waals surface area contributed by atoms with Crippen molar-refractivity contribution in [2.24, 2.45) is 16.0 Å². The number of hydrogen-bond acceptors (Lipinski definition) is 9. The molecule has 3 aromatic rings. The number of benzene rings is 3. The van der Waals surface area contributed by atoms with Crippen molar-refractivity contribution in [1.29, 1.82) is 0 Å². The number of rotatable bonds is 5. The van der Waals surface area contributed by atoms with Gasteiger partial charge in [0.05, 0.1) is 26.6 Å². The van der Waals surface area contributed by atoms with Crippen molar-refractivity contribution in [2.75, 3.05) is 0 Å². The molecule has 0 heterocycles. The summed E-state index contributed by atoms with van der Waals surface area (Å²) in [7, 11) is -9.38. The number of hydrogen-bond donors (Lipinski definition) is 5. The van der Waals surface area contributed by atoms with Crippen molar-refractivity contribution in [3.63, 3.8) is 0 Å². The molecule has 0 radical (unpaired) electrons. The van der Waals surface area contributed by atoms with Crippen molar-refractivity contribution < 1.29 is 40.9 Å². The first-order chi connectivity index (χ1) is 15.2. The lowest BCUT2D eigenvalue weighted by Gasteiger charge is -2.09. The largest absolute Gasteiger partial charge is 0.508 e. The van der Waals surface area contributed by atoms with E-state index in [1.807, 2.05) is 0 Å². The molecule has 0 saturated carbocycles. The number of aromatic hydroxyl groups is 2. The van der Waals surface area contributed by atoms with Gasteiger partial charge in [-0.05, 0) is 53.9 Å². The second-order valence-electron chi connectivity index (χ2n) is 6.26. The van der Waals surface area contributed by atoms with Gasteiger partial charge < -0.3 is 15.9 Å². The van der Waals surface area contributed by atoms with Crippen LogP contribution in [0.5, 0.6) is 11.5 Å². The summed E-state index contributed by atoms with van der Waals surface area (Å²) in [5.41, 5.74) is 4.64. The van der Waals surface area contributed by atoms with Gasteiger partial charge in [-0.3, -0.25) is 13.9 Å². The minimum atomic E-state index is -4.69. The highest BCUT2D eigenvalue weighted by Gasteiger charge is 2.19. The predicted octanol–water partition coefficient (Wildman–Crippen LogP) is 2.82. The molecule has 3 aromatic carbocycles. The Hall–Kier alpha value is -3.85. The molecule has 0 spiro atoms. The van der Waals surface area contributed by atoms with Crippen LogP contribution in [-0.4, -0.2) is 42.1 Å². The highest BCUT2D eigenvalue weighted by atomic mass is 32.2. The lowest BCUT2D eigenvalue weighted by molar-refractivity contribution is -0.113. The van der Waals surface area contributed by atoms with E-state index in [-0.39, 0.29) is 27.9 Å². The van der Waals surface area contributed by atoms with Crippen LogP contribution in [0.2, 0.25) is 0 Å². The SMILES string of the molecule is C=CC(N)=O.O=S(=O)(O)c1cc(O)c2c(N=Nc3ccc(O)cc3)cc(S(=O)(=O)O)cc2c1. The second kappa shape index (κ2) is 9.74. The first kappa shape index (κ1) is 25.4. The van der Waals surface area contributed by atoms with Crippen LogP contribution in [0.15, 0.2) is 81.2 Å². The molecule has 174 valence electrons. The maximum atomic E-state index is 11.5. The van der Waals surface area contributed by atoms with Crippen molar-refractivity contribution >= 4 is 48.3 Å². The number of nitrogens with two attached hydrogens (primary N) is 1. The minimum Gasteiger partial charge on any atom is -0.508 e. The fourth-order valence-corrected chi connectivity index (χ4v) is 3.50. The van der Waals surface area contributed by atoms with Crippen molar-refractivity contribution in [3.8, 4) is 11.5 Å². The van der Waals surface area contributed by atoms with E-state index >= 15 is 0 Å². The Morgan fingerprint density at radius 1 is 0.879 bits per heavy atom. The molecule has 33 heavy (non-hydrogen) atoms. The van der Waals surface area contributed by atoms with E-state index in [1.54, 1.807) is 0 Å². The number of fused-ring (bicyclic) bond motifs is 1. The average molecular weight is 495 g/mol. The number of carbonyl (C=O) groups is 1. The fourth-order valence-electron chi connectivity index (χ4n) is 2.42. The zero-order chi connectivity index (χ0) is 25.0. The van der Waals surface area contributed by atoms with E-state index in [4.69, 9.17) is 0 Å². The van der Waals surface area contributed by atoms with Gasteiger partial charge in [0.25, 0.3) is 20.2 Å². The Kier molecular flexibility index (Phi) is 7.50. The Morgan fingerprint density at radius 2 is 1.36 bits per heavy atom. The summed E-state index contributed by atoms with van der Waals surface area (Å²) in [5, 5.41) is 27.0. The first-order valence-electron chi connectivity index (χ1n) is 8.60.